The van der Waals surface area contributed by atoms with Gasteiger partial charge in [-0.3, -0.25) is 9.59 Å². The van der Waals surface area contributed by atoms with E-state index in [1.165, 1.54) is 11.0 Å². The fourth-order valence-corrected chi connectivity index (χ4v) is 3.83. The van der Waals surface area contributed by atoms with Gasteiger partial charge in [0.1, 0.15) is 17.3 Å². The molecule has 0 aliphatic carbocycles. The van der Waals surface area contributed by atoms with E-state index in [-0.39, 0.29) is 24.8 Å². The summed E-state index contributed by atoms with van der Waals surface area (Å²) in [6.07, 6.45) is 2.97. The minimum absolute atomic E-state index is 0.123. The summed E-state index contributed by atoms with van der Waals surface area (Å²) in [5.41, 5.74) is -0.451. The van der Waals surface area contributed by atoms with Crippen molar-refractivity contribution < 1.29 is 23.8 Å². The molecule has 1 spiro atoms. The lowest BCUT2D eigenvalue weighted by Crippen LogP contribution is -2.39. The zero-order valence-electron chi connectivity index (χ0n) is 11.6. The zero-order chi connectivity index (χ0) is 15.5. The molecule has 6 heteroatoms. The smallest absolute Gasteiger partial charge is 0.310 e. The lowest BCUT2D eigenvalue weighted by Gasteiger charge is -2.21. The number of hydrogen-bond donors (Lipinski definition) is 1. The molecule has 4 atom stereocenters. The number of carboxylic acid groups (broad SMARTS) is 1. The second-order valence-corrected chi connectivity index (χ2v) is 6.02. The summed E-state index contributed by atoms with van der Waals surface area (Å²) in [4.78, 5) is 25.6. The predicted octanol–water partition coefficient (Wildman–Crippen LogP) is 1.19. The number of amides is 1. The van der Waals surface area contributed by atoms with Crippen LogP contribution in [0.2, 0.25) is 0 Å². The number of carboxylic acids is 1. The van der Waals surface area contributed by atoms with Gasteiger partial charge >= 0.3 is 5.97 Å². The number of ether oxygens (including phenoxy) is 1. The van der Waals surface area contributed by atoms with Crippen LogP contribution in [0.3, 0.4) is 0 Å². The van der Waals surface area contributed by atoms with E-state index in [1.807, 2.05) is 0 Å². The number of halogens is 1. The Bertz CT molecular complexity index is 703. The molecule has 1 aromatic rings. The lowest BCUT2D eigenvalue weighted by atomic mass is 9.77. The molecule has 5 nitrogen and oxygen atoms in total. The molecular formula is C16H14FNO4. The van der Waals surface area contributed by atoms with Crippen molar-refractivity contribution >= 4 is 11.9 Å². The molecule has 2 bridgehead atoms. The van der Waals surface area contributed by atoms with Crippen LogP contribution in [0.1, 0.15) is 5.56 Å². The van der Waals surface area contributed by atoms with Crippen LogP contribution in [0.25, 0.3) is 0 Å². The first-order valence-corrected chi connectivity index (χ1v) is 7.14. The summed E-state index contributed by atoms with van der Waals surface area (Å²) in [5.74, 6) is -3.25. The maximum atomic E-state index is 13.8. The van der Waals surface area contributed by atoms with Gasteiger partial charge in [0.15, 0.2) is 0 Å². The van der Waals surface area contributed by atoms with Crippen molar-refractivity contribution in [1.82, 2.24) is 4.90 Å². The van der Waals surface area contributed by atoms with Crippen molar-refractivity contribution in [1.29, 1.82) is 0 Å². The Morgan fingerprint density at radius 3 is 2.95 bits per heavy atom. The van der Waals surface area contributed by atoms with Gasteiger partial charge in [0, 0.05) is 12.1 Å². The molecule has 1 aromatic carbocycles. The average molecular weight is 303 g/mol. The van der Waals surface area contributed by atoms with Crippen LogP contribution in [-0.4, -0.2) is 40.1 Å². The van der Waals surface area contributed by atoms with E-state index >= 15 is 0 Å². The molecule has 0 saturated carbocycles. The highest BCUT2D eigenvalue weighted by Gasteiger charge is 2.66. The normalized spacial score (nSPS) is 35.2. The van der Waals surface area contributed by atoms with Gasteiger partial charge < -0.3 is 14.7 Å². The fraction of sp³-hybridized carbons (Fsp3) is 0.375. The third-order valence-electron chi connectivity index (χ3n) is 4.78. The number of carbonyl (C=O) groups is 2. The lowest BCUT2D eigenvalue weighted by molar-refractivity contribution is -0.148. The summed E-state index contributed by atoms with van der Waals surface area (Å²) in [5, 5.41) is 9.37. The molecule has 2 fully saturated rings. The summed E-state index contributed by atoms with van der Waals surface area (Å²) in [6.45, 7) is 0.388. The van der Waals surface area contributed by atoms with E-state index in [4.69, 9.17) is 4.74 Å². The molecule has 3 aliphatic heterocycles. The van der Waals surface area contributed by atoms with E-state index in [0.717, 1.165) is 0 Å². The Hall–Kier alpha value is -2.21. The van der Waals surface area contributed by atoms with E-state index < -0.39 is 29.5 Å². The van der Waals surface area contributed by atoms with Crippen molar-refractivity contribution in [2.75, 3.05) is 6.54 Å². The third-order valence-corrected chi connectivity index (χ3v) is 4.78. The van der Waals surface area contributed by atoms with Crippen molar-refractivity contribution in [3.63, 3.8) is 0 Å². The van der Waals surface area contributed by atoms with Crippen LogP contribution in [0.5, 0.6) is 0 Å². The van der Waals surface area contributed by atoms with Crippen LogP contribution < -0.4 is 0 Å². The van der Waals surface area contributed by atoms with Crippen molar-refractivity contribution in [3.8, 4) is 0 Å². The largest absolute Gasteiger partial charge is 0.481 e. The van der Waals surface area contributed by atoms with Crippen molar-refractivity contribution in [3.05, 3.63) is 47.8 Å². The maximum Gasteiger partial charge on any atom is 0.310 e. The number of nitrogens with zero attached hydrogens (tertiary/aromatic N) is 1. The van der Waals surface area contributed by atoms with E-state index in [0.29, 0.717) is 5.56 Å². The zero-order valence-corrected chi connectivity index (χ0v) is 11.6. The standard InChI is InChI=1S/C16H14FNO4/c17-10-4-2-1-3-9(10)7-18-8-16-6-5-11(22-16)12(15(20)21)13(16)14(18)19/h1-6,11-13H,7-8H2,(H,20,21)/t11-,12-,13+,16-/m0/s1. The van der Waals surface area contributed by atoms with Gasteiger partial charge in [0.2, 0.25) is 5.91 Å². The monoisotopic (exact) mass is 303 g/mol. The molecule has 2 saturated heterocycles. The van der Waals surface area contributed by atoms with Gasteiger partial charge in [-0.1, -0.05) is 30.4 Å². The van der Waals surface area contributed by atoms with Crippen molar-refractivity contribution in [2.45, 2.75) is 18.2 Å². The van der Waals surface area contributed by atoms with Crippen LogP contribution in [-0.2, 0) is 20.9 Å². The second kappa shape index (κ2) is 4.39. The van der Waals surface area contributed by atoms with Crippen LogP contribution in [0.15, 0.2) is 36.4 Å². The van der Waals surface area contributed by atoms with E-state index in [9.17, 15) is 19.1 Å². The quantitative estimate of drug-likeness (QED) is 0.852. The Kier molecular flexibility index (Phi) is 2.69. The van der Waals surface area contributed by atoms with Gasteiger partial charge in [-0.2, -0.15) is 0 Å². The number of rotatable bonds is 3. The van der Waals surface area contributed by atoms with Crippen LogP contribution >= 0.6 is 0 Å². The van der Waals surface area contributed by atoms with E-state index in [2.05, 4.69) is 0 Å². The SMILES string of the molecule is O=C(O)[C@H]1[C@@H]2C=C[C@@]3(CN(Cc4ccccc4F)C(=O)[C@@H]13)O2. The van der Waals surface area contributed by atoms with Gasteiger partial charge in [-0.05, 0) is 6.07 Å². The summed E-state index contributed by atoms with van der Waals surface area (Å²) < 4.78 is 19.6. The number of aliphatic carboxylic acids is 1. The summed E-state index contributed by atoms with van der Waals surface area (Å²) >= 11 is 0. The van der Waals surface area contributed by atoms with Crippen LogP contribution in [0, 0.1) is 17.7 Å². The topological polar surface area (TPSA) is 66.8 Å². The van der Waals surface area contributed by atoms with Gasteiger partial charge in [0.05, 0.1) is 18.6 Å². The maximum absolute atomic E-state index is 13.8. The molecule has 1 N–H and O–H groups in total. The molecule has 0 radical (unpaired) electrons. The minimum atomic E-state index is -1.03. The Balaban J connectivity index is 1.64. The fourth-order valence-electron chi connectivity index (χ4n) is 3.83. The molecular weight excluding hydrogens is 289 g/mol. The molecule has 22 heavy (non-hydrogen) atoms. The molecule has 0 aromatic heterocycles. The summed E-state index contributed by atoms with van der Waals surface area (Å²) in [6, 6.07) is 6.26. The first-order valence-electron chi connectivity index (χ1n) is 7.14. The number of likely N-dealkylation sites (tertiary alicyclic amines) is 1. The van der Waals surface area contributed by atoms with Crippen LogP contribution in [0.4, 0.5) is 4.39 Å². The Labute approximate surface area is 126 Å². The number of carbonyl (C=O) groups excluding carboxylic acids is 1. The Morgan fingerprint density at radius 2 is 2.23 bits per heavy atom. The molecule has 1 amide bonds. The molecule has 0 unspecified atom stereocenters. The first kappa shape index (κ1) is 13.5. The molecule has 114 valence electrons. The van der Waals surface area contributed by atoms with Crippen molar-refractivity contribution in [2.24, 2.45) is 11.8 Å². The number of benzene rings is 1. The highest BCUT2D eigenvalue weighted by atomic mass is 19.1. The third kappa shape index (κ3) is 1.67. The minimum Gasteiger partial charge on any atom is -0.481 e. The molecule has 3 aliphatic rings. The van der Waals surface area contributed by atoms with E-state index in [1.54, 1.807) is 30.4 Å². The average Bonchev–Trinajstić information content (AvgIpc) is 3.10. The van der Waals surface area contributed by atoms with Gasteiger partial charge in [-0.25, -0.2) is 4.39 Å². The van der Waals surface area contributed by atoms with Gasteiger partial charge in [0.25, 0.3) is 0 Å². The number of hydrogen-bond acceptors (Lipinski definition) is 3. The first-order chi connectivity index (χ1) is 10.5. The number of fused-ring (bicyclic) bond motifs is 1. The van der Waals surface area contributed by atoms with Gasteiger partial charge in [-0.15, -0.1) is 0 Å². The Morgan fingerprint density at radius 1 is 1.45 bits per heavy atom. The molecule has 4 rings (SSSR count). The second-order valence-electron chi connectivity index (χ2n) is 6.02. The highest BCUT2D eigenvalue weighted by Crippen LogP contribution is 2.52. The molecule has 3 heterocycles. The summed E-state index contributed by atoms with van der Waals surface area (Å²) in [7, 11) is 0. The highest BCUT2D eigenvalue weighted by molar-refractivity contribution is 5.90. The predicted molar refractivity (Wildman–Crippen MR) is 73.2 cm³/mol.